The molecule has 0 aromatic heterocycles. The standard InChI is InChI=1S/C11H13FO2/c1-14-8-4-2-7(3-5-8)10-9(6-13)11(10)12/h2-5,9-11,13H,6H2,1H3/t9-,10-,11-/m1/s1. The quantitative estimate of drug-likeness (QED) is 0.797. The second kappa shape index (κ2) is 3.58. The van der Waals surface area contributed by atoms with Gasteiger partial charge in [-0.05, 0) is 17.7 Å². The Kier molecular flexibility index (Phi) is 2.42. The second-order valence-corrected chi connectivity index (χ2v) is 3.59. The van der Waals surface area contributed by atoms with Crippen molar-refractivity contribution < 1.29 is 14.2 Å². The number of hydrogen-bond donors (Lipinski definition) is 1. The number of halogens is 1. The monoisotopic (exact) mass is 196 g/mol. The average Bonchev–Trinajstić information content (AvgIpc) is 2.89. The van der Waals surface area contributed by atoms with E-state index in [1.165, 1.54) is 0 Å². The second-order valence-electron chi connectivity index (χ2n) is 3.59. The number of ether oxygens (including phenoxy) is 1. The SMILES string of the molecule is COc1ccc([C@H]2[C@H](F)[C@@H]2CO)cc1. The van der Waals surface area contributed by atoms with E-state index >= 15 is 0 Å². The van der Waals surface area contributed by atoms with E-state index in [9.17, 15) is 4.39 Å². The molecule has 0 spiro atoms. The molecule has 1 aliphatic rings. The molecule has 2 rings (SSSR count). The Morgan fingerprint density at radius 3 is 2.43 bits per heavy atom. The zero-order valence-corrected chi connectivity index (χ0v) is 7.98. The summed E-state index contributed by atoms with van der Waals surface area (Å²) in [7, 11) is 1.60. The van der Waals surface area contributed by atoms with Crippen LogP contribution in [0.15, 0.2) is 24.3 Å². The Morgan fingerprint density at radius 2 is 2.00 bits per heavy atom. The summed E-state index contributed by atoms with van der Waals surface area (Å²) in [5, 5.41) is 8.84. The largest absolute Gasteiger partial charge is 0.497 e. The van der Waals surface area contributed by atoms with Gasteiger partial charge in [-0.1, -0.05) is 12.1 Å². The van der Waals surface area contributed by atoms with E-state index in [2.05, 4.69) is 0 Å². The lowest BCUT2D eigenvalue weighted by atomic mass is 10.1. The Hall–Kier alpha value is -1.09. The molecule has 76 valence electrons. The summed E-state index contributed by atoms with van der Waals surface area (Å²) in [6.45, 7) is -0.0716. The van der Waals surface area contributed by atoms with Crippen molar-refractivity contribution in [2.45, 2.75) is 12.1 Å². The molecule has 1 aromatic rings. The molecule has 3 heteroatoms. The van der Waals surface area contributed by atoms with Crippen molar-refractivity contribution in [2.24, 2.45) is 5.92 Å². The maximum absolute atomic E-state index is 13.1. The molecule has 1 aromatic carbocycles. The number of aliphatic hydroxyl groups excluding tert-OH is 1. The highest BCUT2D eigenvalue weighted by atomic mass is 19.1. The molecule has 1 aliphatic carbocycles. The summed E-state index contributed by atoms with van der Waals surface area (Å²) in [5.41, 5.74) is 0.942. The fourth-order valence-electron chi connectivity index (χ4n) is 1.80. The molecular formula is C11H13FO2. The molecule has 14 heavy (non-hydrogen) atoms. The van der Waals surface area contributed by atoms with Crippen LogP contribution in [0.5, 0.6) is 5.75 Å². The molecule has 0 bridgehead atoms. The van der Waals surface area contributed by atoms with Gasteiger partial charge in [0.1, 0.15) is 11.9 Å². The maximum atomic E-state index is 13.1. The van der Waals surface area contributed by atoms with E-state index in [0.29, 0.717) is 0 Å². The van der Waals surface area contributed by atoms with Crippen LogP contribution in [0, 0.1) is 5.92 Å². The molecule has 0 unspecified atom stereocenters. The predicted octanol–water partition coefficient (Wildman–Crippen LogP) is 1.74. The minimum Gasteiger partial charge on any atom is -0.497 e. The normalized spacial score (nSPS) is 30.1. The van der Waals surface area contributed by atoms with Gasteiger partial charge in [0, 0.05) is 18.4 Å². The summed E-state index contributed by atoms with van der Waals surface area (Å²) in [4.78, 5) is 0. The Morgan fingerprint density at radius 1 is 1.36 bits per heavy atom. The van der Waals surface area contributed by atoms with Crippen LogP contribution in [0.1, 0.15) is 11.5 Å². The molecule has 1 N–H and O–H groups in total. The van der Waals surface area contributed by atoms with E-state index in [1.807, 2.05) is 24.3 Å². The van der Waals surface area contributed by atoms with E-state index in [1.54, 1.807) is 7.11 Å². The van der Waals surface area contributed by atoms with E-state index in [0.717, 1.165) is 11.3 Å². The maximum Gasteiger partial charge on any atom is 0.118 e. The Labute approximate surface area is 82.3 Å². The Balaban J connectivity index is 2.11. The van der Waals surface area contributed by atoms with Crippen molar-refractivity contribution in [3.63, 3.8) is 0 Å². The molecule has 0 saturated heterocycles. The zero-order chi connectivity index (χ0) is 10.1. The van der Waals surface area contributed by atoms with Gasteiger partial charge in [-0.15, -0.1) is 0 Å². The van der Waals surface area contributed by atoms with Gasteiger partial charge < -0.3 is 9.84 Å². The molecule has 1 fully saturated rings. The van der Waals surface area contributed by atoms with Crippen LogP contribution < -0.4 is 4.74 Å². The number of benzene rings is 1. The molecule has 0 radical (unpaired) electrons. The minimum absolute atomic E-state index is 0.0716. The van der Waals surface area contributed by atoms with Gasteiger partial charge in [0.15, 0.2) is 0 Å². The van der Waals surface area contributed by atoms with Gasteiger partial charge in [0.2, 0.25) is 0 Å². The number of hydrogen-bond acceptors (Lipinski definition) is 2. The van der Waals surface area contributed by atoms with Gasteiger partial charge >= 0.3 is 0 Å². The minimum atomic E-state index is -0.881. The molecule has 2 nitrogen and oxygen atoms in total. The van der Waals surface area contributed by atoms with Gasteiger partial charge in [0.05, 0.1) is 7.11 Å². The fraction of sp³-hybridized carbons (Fsp3) is 0.455. The number of alkyl halides is 1. The van der Waals surface area contributed by atoms with E-state index in [4.69, 9.17) is 9.84 Å². The third kappa shape index (κ3) is 1.48. The molecule has 1 saturated carbocycles. The lowest BCUT2D eigenvalue weighted by molar-refractivity contribution is 0.257. The van der Waals surface area contributed by atoms with Crippen LogP contribution in [-0.2, 0) is 0 Å². The summed E-state index contributed by atoms with van der Waals surface area (Å²) in [5.74, 6) is 0.444. The van der Waals surface area contributed by atoms with Crippen LogP contribution in [0.3, 0.4) is 0 Å². The third-order valence-electron chi connectivity index (χ3n) is 2.78. The van der Waals surface area contributed by atoms with Crippen molar-refractivity contribution in [3.8, 4) is 5.75 Å². The van der Waals surface area contributed by atoms with Crippen LogP contribution in [-0.4, -0.2) is 25.0 Å². The van der Waals surface area contributed by atoms with Gasteiger partial charge in [-0.25, -0.2) is 4.39 Å². The number of methoxy groups -OCH3 is 1. The van der Waals surface area contributed by atoms with Gasteiger partial charge in [0.25, 0.3) is 0 Å². The molecule has 0 amide bonds. The number of rotatable bonds is 3. The third-order valence-corrected chi connectivity index (χ3v) is 2.78. The van der Waals surface area contributed by atoms with Crippen molar-refractivity contribution in [1.82, 2.24) is 0 Å². The van der Waals surface area contributed by atoms with Crippen molar-refractivity contribution >= 4 is 0 Å². The Bertz CT molecular complexity index is 310. The molecule has 0 heterocycles. The van der Waals surface area contributed by atoms with E-state index < -0.39 is 6.17 Å². The lowest BCUT2D eigenvalue weighted by Gasteiger charge is -2.01. The first-order chi connectivity index (χ1) is 6.77. The highest BCUT2D eigenvalue weighted by Crippen LogP contribution is 2.49. The summed E-state index contributed by atoms with van der Waals surface area (Å²) in [6.07, 6.45) is -0.881. The molecular weight excluding hydrogens is 183 g/mol. The summed E-state index contributed by atoms with van der Waals surface area (Å²) >= 11 is 0. The first kappa shape index (κ1) is 9.46. The summed E-state index contributed by atoms with van der Waals surface area (Å²) in [6, 6.07) is 7.33. The fourth-order valence-corrected chi connectivity index (χ4v) is 1.80. The van der Waals surface area contributed by atoms with Gasteiger partial charge in [-0.3, -0.25) is 0 Å². The van der Waals surface area contributed by atoms with Crippen molar-refractivity contribution in [3.05, 3.63) is 29.8 Å². The lowest BCUT2D eigenvalue weighted by Crippen LogP contribution is -1.89. The van der Waals surface area contributed by atoms with Crippen LogP contribution >= 0.6 is 0 Å². The van der Waals surface area contributed by atoms with Crippen LogP contribution in [0.25, 0.3) is 0 Å². The average molecular weight is 196 g/mol. The van der Waals surface area contributed by atoms with Crippen molar-refractivity contribution in [2.75, 3.05) is 13.7 Å². The number of aliphatic hydroxyl groups is 1. The first-order valence-electron chi connectivity index (χ1n) is 4.67. The highest BCUT2D eigenvalue weighted by Gasteiger charge is 2.51. The topological polar surface area (TPSA) is 29.5 Å². The molecule has 0 aliphatic heterocycles. The van der Waals surface area contributed by atoms with Crippen LogP contribution in [0.4, 0.5) is 4.39 Å². The van der Waals surface area contributed by atoms with Gasteiger partial charge in [-0.2, -0.15) is 0 Å². The first-order valence-corrected chi connectivity index (χ1v) is 4.67. The smallest absolute Gasteiger partial charge is 0.118 e. The molecule has 3 atom stereocenters. The van der Waals surface area contributed by atoms with Crippen LogP contribution in [0.2, 0.25) is 0 Å². The predicted molar refractivity (Wildman–Crippen MR) is 51.2 cm³/mol. The van der Waals surface area contributed by atoms with E-state index in [-0.39, 0.29) is 18.4 Å². The summed E-state index contributed by atoms with van der Waals surface area (Å²) < 4.78 is 18.1. The highest BCUT2D eigenvalue weighted by molar-refractivity contribution is 5.34. The zero-order valence-electron chi connectivity index (χ0n) is 7.98. The van der Waals surface area contributed by atoms with Crippen molar-refractivity contribution in [1.29, 1.82) is 0 Å².